The molecule has 0 atom stereocenters. The Balaban J connectivity index is -0.000000130. The molecule has 0 aromatic heterocycles. The summed E-state index contributed by atoms with van der Waals surface area (Å²) in [7, 11) is 1.05. The summed E-state index contributed by atoms with van der Waals surface area (Å²) in [6, 6.07) is 0. The number of hydrogen-bond acceptors (Lipinski definition) is 0. The Kier molecular flexibility index (Phi) is 14.8. The largest absolute Gasteiger partial charge is 0.358 e. The molecule has 1 aliphatic rings. The van der Waals surface area contributed by atoms with Crippen molar-refractivity contribution in [2.24, 2.45) is 5.41 Å². The van der Waals surface area contributed by atoms with Crippen LogP contribution in [0.1, 0.15) is 76.2 Å². The smallest absolute Gasteiger partial charge is 0 e. The van der Waals surface area contributed by atoms with Crippen LogP contribution in [0.4, 0.5) is 0 Å². The van der Waals surface area contributed by atoms with Crippen LogP contribution in [-0.2, 0) is 25.8 Å². The fourth-order valence-electron chi connectivity index (χ4n) is 2.53. The van der Waals surface area contributed by atoms with Gasteiger partial charge in [0.2, 0.25) is 0 Å². The van der Waals surface area contributed by atoms with Gasteiger partial charge >= 0.3 is 0 Å². The van der Waals surface area contributed by atoms with Gasteiger partial charge in [0, 0.05) is 25.8 Å². The standard InChI is InChI=1S/C10H15.C8H19P.2CH3.Hf/c1-7-6-10(4,5)9(3)8(7)2;1-7(2,3)9-8(4,5)6;;;/h1-5H3;9H,1-6H3;2*1H3;/q-1;;2*-1;. The summed E-state index contributed by atoms with van der Waals surface area (Å²) in [5.41, 5.74) is 4.39. The zero-order chi connectivity index (χ0) is 15.6. The van der Waals surface area contributed by atoms with Gasteiger partial charge < -0.3 is 14.9 Å². The molecule has 0 amide bonds. The van der Waals surface area contributed by atoms with Gasteiger partial charge in [0.25, 0.3) is 0 Å². The molecular formula is C20H40HfP-3. The molecule has 0 aromatic rings. The normalized spacial score (nSPS) is 16.4. The fraction of sp³-hybridized carbons (Fsp3) is 0.700. The van der Waals surface area contributed by atoms with Crippen LogP contribution in [0.15, 0.2) is 16.7 Å². The third-order valence-corrected chi connectivity index (χ3v) is 4.81. The van der Waals surface area contributed by atoms with Gasteiger partial charge in [-0.05, 0) is 10.3 Å². The van der Waals surface area contributed by atoms with Gasteiger partial charge in [0.1, 0.15) is 0 Å². The minimum Gasteiger partial charge on any atom is -0.358 e. The Morgan fingerprint density at radius 2 is 1.14 bits per heavy atom. The average Bonchev–Trinajstić information content (AvgIpc) is 2.24. The van der Waals surface area contributed by atoms with Gasteiger partial charge in [-0.25, -0.2) is 5.57 Å². The van der Waals surface area contributed by atoms with E-state index < -0.39 is 0 Å². The van der Waals surface area contributed by atoms with Crippen LogP contribution < -0.4 is 0 Å². The molecule has 1 aliphatic carbocycles. The summed E-state index contributed by atoms with van der Waals surface area (Å²) in [5, 5.41) is 1.02. The second-order valence-corrected chi connectivity index (χ2v) is 11.5. The first kappa shape index (κ1) is 30.6. The monoisotopic (exact) mass is 491 g/mol. The molecule has 0 saturated carbocycles. The van der Waals surface area contributed by atoms with Gasteiger partial charge in [0.05, 0.1) is 0 Å². The minimum absolute atomic E-state index is 0. The molecule has 132 valence electrons. The van der Waals surface area contributed by atoms with Crippen molar-refractivity contribution >= 4 is 8.58 Å². The molecule has 0 bridgehead atoms. The van der Waals surface area contributed by atoms with Crippen LogP contribution >= 0.6 is 8.58 Å². The van der Waals surface area contributed by atoms with Gasteiger partial charge in [0.15, 0.2) is 0 Å². The van der Waals surface area contributed by atoms with Gasteiger partial charge in [-0.1, -0.05) is 74.7 Å². The van der Waals surface area contributed by atoms with Crippen molar-refractivity contribution in [2.45, 2.75) is 86.5 Å². The first-order valence-corrected chi connectivity index (χ1v) is 8.25. The molecule has 0 nitrogen and oxygen atoms in total. The van der Waals surface area contributed by atoms with Crippen molar-refractivity contribution in [1.82, 2.24) is 0 Å². The maximum absolute atomic E-state index is 3.44. The maximum Gasteiger partial charge on any atom is 0 e. The van der Waals surface area contributed by atoms with E-state index in [4.69, 9.17) is 0 Å². The van der Waals surface area contributed by atoms with E-state index >= 15 is 0 Å². The summed E-state index contributed by atoms with van der Waals surface area (Å²) in [6.45, 7) is 24.7. The van der Waals surface area contributed by atoms with Crippen LogP contribution in [-0.4, -0.2) is 10.3 Å². The summed E-state index contributed by atoms with van der Waals surface area (Å²) in [4.78, 5) is 0. The van der Waals surface area contributed by atoms with Crippen LogP contribution in [0.2, 0.25) is 0 Å². The van der Waals surface area contributed by atoms with E-state index in [2.05, 4.69) is 82.2 Å². The summed E-state index contributed by atoms with van der Waals surface area (Å²) < 4.78 is 0. The van der Waals surface area contributed by atoms with Crippen molar-refractivity contribution in [3.05, 3.63) is 37.6 Å². The van der Waals surface area contributed by atoms with Crippen molar-refractivity contribution in [3.63, 3.8) is 0 Å². The van der Waals surface area contributed by atoms with Crippen LogP contribution in [0.25, 0.3) is 0 Å². The molecule has 0 radical (unpaired) electrons. The molecule has 1 rings (SSSR count). The van der Waals surface area contributed by atoms with E-state index in [1.807, 2.05) is 0 Å². The Morgan fingerprint density at radius 1 is 0.818 bits per heavy atom. The summed E-state index contributed by atoms with van der Waals surface area (Å²) >= 11 is 0. The topological polar surface area (TPSA) is 0 Å². The van der Waals surface area contributed by atoms with E-state index in [0.29, 0.717) is 10.3 Å². The molecule has 0 N–H and O–H groups in total. The summed E-state index contributed by atoms with van der Waals surface area (Å²) in [5.74, 6) is 0. The van der Waals surface area contributed by atoms with E-state index in [1.165, 1.54) is 16.7 Å². The first-order chi connectivity index (χ1) is 8.16. The van der Waals surface area contributed by atoms with Gasteiger partial charge in [-0.15, -0.1) is 15.5 Å². The maximum atomic E-state index is 3.44. The quantitative estimate of drug-likeness (QED) is 0.191. The van der Waals surface area contributed by atoms with Crippen molar-refractivity contribution in [2.75, 3.05) is 0 Å². The predicted molar refractivity (Wildman–Crippen MR) is 105 cm³/mol. The SMILES string of the molecule is CC(C)(C)PC(C)(C)C.CC1=[C-]C(C)(C)C(C)=C1C.[CH3-].[CH3-].[Hf]. The third-order valence-electron chi connectivity index (χ3n) is 3.31. The van der Waals surface area contributed by atoms with E-state index in [1.54, 1.807) is 0 Å². The molecule has 22 heavy (non-hydrogen) atoms. The second kappa shape index (κ2) is 10.6. The molecule has 0 aromatic carbocycles. The average molecular weight is 490 g/mol. The second-order valence-electron chi connectivity index (χ2n) is 8.25. The van der Waals surface area contributed by atoms with E-state index in [-0.39, 0.29) is 46.1 Å². The molecule has 2 heteroatoms. The van der Waals surface area contributed by atoms with Gasteiger partial charge in [-0.2, -0.15) is 11.1 Å². The van der Waals surface area contributed by atoms with E-state index in [0.717, 1.165) is 8.58 Å². The Hall–Kier alpha value is 0.780. The van der Waals surface area contributed by atoms with Crippen molar-refractivity contribution in [3.8, 4) is 0 Å². The Morgan fingerprint density at radius 3 is 1.18 bits per heavy atom. The van der Waals surface area contributed by atoms with Crippen molar-refractivity contribution < 1.29 is 25.8 Å². The molecule has 0 aliphatic heterocycles. The Bertz CT molecular complexity index is 361. The molecule has 0 heterocycles. The molecule has 0 spiro atoms. The van der Waals surface area contributed by atoms with Crippen LogP contribution in [0.5, 0.6) is 0 Å². The van der Waals surface area contributed by atoms with Crippen molar-refractivity contribution in [1.29, 1.82) is 0 Å². The molecule has 0 fully saturated rings. The number of hydrogen-bond donors (Lipinski definition) is 0. The zero-order valence-electron chi connectivity index (χ0n) is 17.5. The number of rotatable bonds is 0. The molecule has 0 saturated heterocycles. The van der Waals surface area contributed by atoms with E-state index in [9.17, 15) is 0 Å². The van der Waals surface area contributed by atoms with Crippen LogP contribution in [0.3, 0.4) is 0 Å². The van der Waals surface area contributed by atoms with Crippen LogP contribution in [0, 0.1) is 26.3 Å². The molecular weight excluding hydrogens is 450 g/mol. The summed E-state index contributed by atoms with van der Waals surface area (Å²) in [6.07, 6.45) is 3.44. The van der Waals surface area contributed by atoms with Gasteiger partial charge in [-0.3, -0.25) is 6.08 Å². The first-order valence-electron chi connectivity index (χ1n) is 7.25. The Labute approximate surface area is 163 Å². The fourth-order valence-corrected chi connectivity index (χ4v) is 4.78. The number of allylic oxidation sites excluding steroid dienone is 4. The zero-order valence-corrected chi connectivity index (χ0v) is 22.1. The third kappa shape index (κ3) is 12.2. The molecule has 0 unspecified atom stereocenters. The predicted octanol–water partition coefficient (Wildman–Crippen LogP) is 7.27. The minimum atomic E-state index is 0.